The first-order chi connectivity index (χ1) is 10.1. The van der Waals surface area contributed by atoms with Gasteiger partial charge in [-0.1, -0.05) is 30.4 Å². The number of carbonyl (C=O) groups is 1. The molecule has 0 bridgehead atoms. The van der Waals surface area contributed by atoms with Crippen molar-refractivity contribution < 1.29 is 9.53 Å². The zero-order valence-electron chi connectivity index (χ0n) is 12.1. The molecule has 0 aliphatic rings. The van der Waals surface area contributed by atoms with Gasteiger partial charge < -0.3 is 15.0 Å². The van der Waals surface area contributed by atoms with E-state index >= 15 is 0 Å². The van der Waals surface area contributed by atoms with Gasteiger partial charge in [0, 0.05) is 6.20 Å². The zero-order chi connectivity index (χ0) is 15.2. The van der Waals surface area contributed by atoms with Crippen molar-refractivity contribution in [3.05, 3.63) is 57.9 Å². The molecule has 0 fully saturated rings. The van der Waals surface area contributed by atoms with E-state index in [0.29, 0.717) is 23.4 Å². The molecule has 2 N–H and O–H groups in total. The van der Waals surface area contributed by atoms with E-state index in [2.05, 4.69) is 10.3 Å². The number of H-pyrrole nitrogens is 1. The van der Waals surface area contributed by atoms with Gasteiger partial charge in [0.1, 0.15) is 17.0 Å². The summed E-state index contributed by atoms with van der Waals surface area (Å²) in [5.41, 5.74) is 2.65. The van der Waals surface area contributed by atoms with Crippen LogP contribution in [0.15, 0.2) is 36.5 Å². The van der Waals surface area contributed by atoms with E-state index in [0.717, 1.165) is 16.9 Å². The van der Waals surface area contributed by atoms with Gasteiger partial charge in [0.2, 0.25) is 0 Å². The van der Waals surface area contributed by atoms with Gasteiger partial charge in [0.25, 0.3) is 5.91 Å². The molecule has 2 aromatic rings. The Morgan fingerprint density at radius 1 is 1.24 bits per heavy atom. The summed E-state index contributed by atoms with van der Waals surface area (Å²) >= 11 is 5.07. The number of carbonyl (C=O) groups excluding carboxylic acids is 1. The van der Waals surface area contributed by atoms with Gasteiger partial charge in [0.05, 0.1) is 12.1 Å². The maximum absolute atomic E-state index is 12.0. The molecule has 1 aromatic heterocycles. The molecule has 4 nitrogen and oxygen atoms in total. The van der Waals surface area contributed by atoms with Crippen LogP contribution in [0.3, 0.4) is 0 Å². The van der Waals surface area contributed by atoms with Crippen LogP contribution in [-0.4, -0.2) is 24.0 Å². The molecule has 1 heterocycles. The molecule has 21 heavy (non-hydrogen) atoms. The summed E-state index contributed by atoms with van der Waals surface area (Å²) in [4.78, 5) is 14.8. The topological polar surface area (TPSA) is 54.1 Å². The Hall–Kier alpha value is -2.14. The maximum Gasteiger partial charge on any atom is 0.254 e. The van der Waals surface area contributed by atoms with Crippen LogP contribution in [0, 0.1) is 18.5 Å². The third-order valence-electron chi connectivity index (χ3n) is 3.11. The van der Waals surface area contributed by atoms with E-state index in [4.69, 9.17) is 17.0 Å². The summed E-state index contributed by atoms with van der Waals surface area (Å²) in [7, 11) is 0. The van der Waals surface area contributed by atoms with Crippen LogP contribution < -0.4 is 10.1 Å². The maximum atomic E-state index is 12.0. The number of benzene rings is 1. The number of amides is 1. The van der Waals surface area contributed by atoms with Crippen molar-refractivity contribution in [2.45, 2.75) is 13.8 Å². The predicted octanol–water partition coefficient (Wildman–Crippen LogP) is 3.17. The minimum Gasteiger partial charge on any atom is -0.491 e. The first-order valence-corrected chi connectivity index (χ1v) is 7.15. The Kier molecular flexibility index (Phi) is 5.11. The summed E-state index contributed by atoms with van der Waals surface area (Å²) < 4.78 is 6.17. The summed E-state index contributed by atoms with van der Waals surface area (Å²) in [6.45, 7) is 4.85. The Balaban J connectivity index is 1.87. The number of aryl methyl sites for hydroxylation is 2. The molecule has 0 unspecified atom stereocenters. The van der Waals surface area contributed by atoms with Crippen molar-refractivity contribution in [2.75, 3.05) is 13.2 Å². The molecule has 0 radical (unpaired) electrons. The van der Waals surface area contributed by atoms with Crippen molar-refractivity contribution in [2.24, 2.45) is 0 Å². The molecule has 2 rings (SSSR count). The van der Waals surface area contributed by atoms with Crippen LogP contribution in [-0.2, 0) is 0 Å². The zero-order valence-corrected chi connectivity index (χ0v) is 12.9. The number of hydrogen-bond acceptors (Lipinski definition) is 3. The van der Waals surface area contributed by atoms with E-state index in [1.165, 1.54) is 0 Å². The second kappa shape index (κ2) is 7.04. The Morgan fingerprint density at radius 3 is 2.62 bits per heavy atom. The molecule has 0 atom stereocenters. The third kappa shape index (κ3) is 3.92. The Bertz CT molecular complexity index is 674. The number of aromatic amines is 1. The lowest BCUT2D eigenvalue weighted by atomic mass is 10.1. The van der Waals surface area contributed by atoms with E-state index in [1.807, 2.05) is 32.0 Å². The number of para-hydroxylation sites is 1. The minimum atomic E-state index is -0.193. The van der Waals surface area contributed by atoms with Crippen LogP contribution in [0.2, 0.25) is 0 Å². The number of pyridine rings is 1. The highest BCUT2D eigenvalue weighted by atomic mass is 32.1. The first kappa shape index (κ1) is 15.3. The lowest BCUT2D eigenvalue weighted by Crippen LogP contribution is -2.28. The van der Waals surface area contributed by atoms with Gasteiger partial charge in [-0.25, -0.2) is 0 Å². The molecule has 0 spiro atoms. The monoisotopic (exact) mass is 302 g/mol. The molecule has 0 aliphatic carbocycles. The quantitative estimate of drug-likeness (QED) is 0.659. The fourth-order valence-corrected chi connectivity index (χ4v) is 2.27. The molecule has 5 heteroatoms. The normalized spacial score (nSPS) is 10.2. The SMILES string of the molecule is Cc1cccc(C)c1OCCNC(=O)c1ccc[nH]c1=S. The highest BCUT2D eigenvalue weighted by molar-refractivity contribution is 7.71. The largest absolute Gasteiger partial charge is 0.491 e. The van der Waals surface area contributed by atoms with Gasteiger partial charge >= 0.3 is 0 Å². The van der Waals surface area contributed by atoms with Crippen molar-refractivity contribution in [1.82, 2.24) is 10.3 Å². The standard InChI is InChI=1S/C16H18N2O2S/c1-11-5-3-6-12(2)14(11)20-10-9-17-15(19)13-7-4-8-18-16(13)21/h3-8H,9-10H2,1-2H3,(H,17,19)(H,18,21). The second-order valence-electron chi connectivity index (χ2n) is 4.74. The molecule has 0 saturated heterocycles. The molecule has 1 amide bonds. The van der Waals surface area contributed by atoms with Gasteiger partial charge in [-0.05, 0) is 37.1 Å². The molecule has 0 aliphatic heterocycles. The van der Waals surface area contributed by atoms with E-state index < -0.39 is 0 Å². The van der Waals surface area contributed by atoms with Crippen molar-refractivity contribution in [1.29, 1.82) is 0 Å². The van der Waals surface area contributed by atoms with E-state index in [-0.39, 0.29) is 5.91 Å². The predicted molar refractivity (Wildman–Crippen MR) is 85.4 cm³/mol. The van der Waals surface area contributed by atoms with Crippen LogP contribution in [0.25, 0.3) is 0 Å². The van der Waals surface area contributed by atoms with E-state index in [9.17, 15) is 4.79 Å². The molecular weight excluding hydrogens is 284 g/mol. The summed E-state index contributed by atoms with van der Waals surface area (Å²) in [6.07, 6.45) is 1.70. The first-order valence-electron chi connectivity index (χ1n) is 6.74. The number of hydrogen-bond donors (Lipinski definition) is 2. The number of nitrogens with one attached hydrogen (secondary N) is 2. The number of rotatable bonds is 5. The van der Waals surface area contributed by atoms with Crippen LogP contribution in [0.5, 0.6) is 5.75 Å². The van der Waals surface area contributed by atoms with Gasteiger partial charge in [0.15, 0.2) is 0 Å². The highest BCUT2D eigenvalue weighted by Gasteiger charge is 2.07. The van der Waals surface area contributed by atoms with Crippen molar-refractivity contribution >= 4 is 18.1 Å². The van der Waals surface area contributed by atoms with E-state index in [1.54, 1.807) is 18.3 Å². The van der Waals surface area contributed by atoms with Crippen molar-refractivity contribution in [3.8, 4) is 5.75 Å². The highest BCUT2D eigenvalue weighted by Crippen LogP contribution is 2.21. The van der Waals surface area contributed by atoms with Crippen LogP contribution in [0.4, 0.5) is 0 Å². The average molecular weight is 302 g/mol. The van der Waals surface area contributed by atoms with Crippen LogP contribution >= 0.6 is 12.2 Å². The fraction of sp³-hybridized carbons (Fsp3) is 0.250. The summed E-state index contributed by atoms with van der Waals surface area (Å²) in [6, 6.07) is 9.45. The molecule has 0 saturated carbocycles. The average Bonchev–Trinajstić information content (AvgIpc) is 2.46. The Labute approximate surface area is 129 Å². The van der Waals surface area contributed by atoms with Gasteiger partial charge in [-0.3, -0.25) is 4.79 Å². The second-order valence-corrected chi connectivity index (χ2v) is 5.15. The van der Waals surface area contributed by atoms with Crippen LogP contribution in [0.1, 0.15) is 21.5 Å². The third-order valence-corrected chi connectivity index (χ3v) is 3.44. The Morgan fingerprint density at radius 2 is 1.95 bits per heavy atom. The smallest absolute Gasteiger partial charge is 0.254 e. The van der Waals surface area contributed by atoms with Gasteiger partial charge in [-0.2, -0.15) is 0 Å². The number of ether oxygens (including phenoxy) is 1. The molecule has 1 aromatic carbocycles. The lowest BCUT2D eigenvalue weighted by Gasteiger charge is -2.12. The lowest BCUT2D eigenvalue weighted by molar-refractivity contribution is 0.0946. The number of aromatic nitrogens is 1. The van der Waals surface area contributed by atoms with Gasteiger partial charge in [-0.15, -0.1) is 0 Å². The molecular formula is C16H18N2O2S. The van der Waals surface area contributed by atoms with Crippen molar-refractivity contribution in [3.63, 3.8) is 0 Å². The minimum absolute atomic E-state index is 0.193. The summed E-state index contributed by atoms with van der Waals surface area (Å²) in [5, 5.41) is 2.80. The fourth-order valence-electron chi connectivity index (χ4n) is 2.04. The summed E-state index contributed by atoms with van der Waals surface area (Å²) in [5.74, 6) is 0.686. The molecule has 110 valence electrons.